The van der Waals surface area contributed by atoms with Gasteiger partial charge < -0.3 is 14.6 Å². The Morgan fingerprint density at radius 3 is 2.96 bits per heavy atom. The standard InChI is InChI=1S/C18H22N2O2S/c1-19-11-14-7-9-20(12-14)18(21)17-15(8-10-22-17)13-23-16-5-3-2-4-6-16/h2-6,8,10,14,19H,7,9,11-13H2,1H3. The Kier molecular flexibility index (Phi) is 5.41. The first-order valence-electron chi connectivity index (χ1n) is 7.96. The molecule has 1 fully saturated rings. The molecule has 3 rings (SSSR count). The molecule has 2 aromatic rings. The summed E-state index contributed by atoms with van der Waals surface area (Å²) >= 11 is 1.72. The summed E-state index contributed by atoms with van der Waals surface area (Å²) in [5.74, 6) is 1.81. The lowest BCUT2D eigenvalue weighted by Crippen LogP contribution is -2.30. The Morgan fingerprint density at radius 2 is 2.17 bits per heavy atom. The van der Waals surface area contributed by atoms with Crippen LogP contribution in [0, 0.1) is 5.92 Å². The minimum atomic E-state index is 0.0252. The Bertz CT molecular complexity index is 641. The molecule has 2 heterocycles. The van der Waals surface area contributed by atoms with Crippen LogP contribution in [-0.4, -0.2) is 37.5 Å². The van der Waals surface area contributed by atoms with Crippen LogP contribution in [0.1, 0.15) is 22.5 Å². The number of carbonyl (C=O) groups is 1. The van der Waals surface area contributed by atoms with Gasteiger partial charge in [-0.1, -0.05) is 18.2 Å². The molecule has 1 atom stereocenters. The van der Waals surface area contributed by atoms with Crippen LogP contribution in [0.5, 0.6) is 0 Å². The van der Waals surface area contributed by atoms with Crippen molar-refractivity contribution in [3.63, 3.8) is 0 Å². The second kappa shape index (κ2) is 7.70. The van der Waals surface area contributed by atoms with E-state index in [0.717, 1.165) is 37.4 Å². The van der Waals surface area contributed by atoms with E-state index in [2.05, 4.69) is 17.4 Å². The quantitative estimate of drug-likeness (QED) is 0.826. The number of amides is 1. The molecule has 1 aliphatic heterocycles. The van der Waals surface area contributed by atoms with Crippen LogP contribution >= 0.6 is 11.8 Å². The van der Waals surface area contributed by atoms with Crippen molar-refractivity contribution in [2.24, 2.45) is 5.92 Å². The summed E-state index contributed by atoms with van der Waals surface area (Å²) in [5.41, 5.74) is 0.973. The minimum absolute atomic E-state index is 0.0252. The fourth-order valence-corrected chi connectivity index (χ4v) is 3.83. The summed E-state index contributed by atoms with van der Waals surface area (Å²) in [6.07, 6.45) is 2.68. The van der Waals surface area contributed by atoms with Gasteiger partial charge in [0.05, 0.1) is 6.26 Å². The zero-order valence-electron chi connectivity index (χ0n) is 13.3. The number of hydrogen-bond acceptors (Lipinski definition) is 4. The maximum absolute atomic E-state index is 12.7. The fraction of sp³-hybridized carbons (Fsp3) is 0.389. The third kappa shape index (κ3) is 3.98. The average Bonchev–Trinajstić information content (AvgIpc) is 3.23. The zero-order valence-corrected chi connectivity index (χ0v) is 14.1. The molecule has 1 aliphatic rings. The first kappa shape index (κ1) is 16.1. The normalized spacial score (nSPS) is 17.6. The second-order valence-electron chi connectivity index (χ2n) is 5.84. The Labute approximate surface area is 141 Å². The molecule has 4 nitrogen and oxygen atoms in total. The molecule has 1 saturated heterocycles. The van der Waals surface area contributed by atoms with Gasteiger partial charge in [-0.15, -0.1) is 11.8 Å². The van der Waals surface area contributed by atoms with Gasteiger partial charge in [-0.05, 0) is 44.1 Å². The minimum Gasteiger partial charge on any atom is -0.459 e. The zero-order chi connectivity index (χ0) is 16.1. The smallest absolute Gasteiger partial charge is 0.289 e. The van der Waals surface area contributed by atoms with Crippen LogP contribution in [0.25, 0.3) is 0 Å². The summed E-state index contributed by atoms with van der Waals surface area (Å²) in [4.78, 5) is 15.8. The molecule has 1 unspecified atom stereocenters. The van der Waals surface area contributed by atoms with E-state index in [-0.39, 0.29) is 5.91 Å². The first-order chi connectivity index (χ1) is 11.3. The lowest BCUT2D eigenvalue weighted by Gasteiger charge is -2.16. The molecular formula is C18H22N2O2S. The molecule has 0 radical (unpaired) electrons. The lowest BCUT2D eigenvalue weighted by atomic mass is 10.1. The molecule has 122 valence electrons. The maximum Gasteiger partial charge on any atom is 0.289 e. The van der Waals surface area contributed by atoms with E-state index in [1.165, 1.54) is 4.90 Å². The van der Waals surface area contributed by atoms with E-state index in [4.69, 9.17) is 4.42 Å². The van der Waals surface area contributed by atoms with Gasteiger partial charge in [0, 0.05) is 29.3 Å². The summed E-state index contributed by atoms with van der Waals surface area (Å²) in [6.45, 7) is 2.58. The van der Waals surface area contributed by atoms with Crippen molar-refractivity contribution in [1.29, 1.82) is 0 Å². The van der Waals surface area contributed by atoms with E-state index in [1.54, 1.807) is 18.0 Å². The predicted molar refractivity (Wildman–Crippen MR) is 92.6 cm³/mol. The molecule has 1 aromatic heterocycles. The Hall–Kier alpha value is -1.72. The number of carbonyl (C=O) groups excluding carboxylic acids is 1. The maximum atomic E-state index is 12.7. The van der Waals surface area contributed by atoms with E-state index in [1.807, 2.05) is 36.2 Å². The highest BCUT2D eigenvalue weighted by molar-refractivity contribution is 7.98. The van der Waals surface area contributed by atoms with Gasteiger partial charge in [0.25, 0.3) is 5.91 Å². The fourth-order valence-electron chi connectivity index (χ4n) is 2.93. The molecule has 1 amide bonds. The number of thioether (sulfide) groups is 1. The SMILES string of the molecule is CNCC1CCN(C(=O)c2occc2CSc2ccccc2)C1. The van der Waals surface area contributed by atoms with Crippen LogP contribution in [0.4, 0.5) is 0 Å². The molecule has 0 bridgehead atoms. The van der Waals surface area contributed by atoms with E-state index in [0.29, 0.717) is 11.7 Å². The van der Waals surface area contributed by atoms with Crippen molar-refractivity contribution in [3.05, 3.63) is 54.0 Å². The third-order valence-corrected chi connectivity index (χ3v) is 5.21. The second-order valence-corrected chi connectivity index (χ2v) is 6.89. The number of hydrogen-bond donors (Lipinski definition) is 1. The highest BCUT2D eigenvalue weighted by atomic mass is 32.2. The van der Waals surface area contributed by atoms with Crippen LogP contribution in [0.2, 0.25) is 0 Å². The highest BCUT2D eigenvalue weighted by Gasteiger charge is 2.29. The number of furan rings is 1. The topological polar surface area (TPSA) is 45.5 Å². The average molecular weight is 330 g/mol. The Morgan fingerprint density at radius 1 is 1.35 bits per heavy atom. The van der Waals surface area contributed by atoms with Crippen LogP contribution in [0.15, 0.2) is 52.0 Å². The summed E-state index contributed by atoms with van der Waals surface area (Å²) in [5, 5.41) is 3.19. The van der Waals surface area contributed by atoms with Gasteiger partial charge >= 0.3 is 0 Å². The molecule has 5 heteroatoms. The number of likely N-dealkylation sites (tertiary alicyclic amines) is 1. The number of rotatable bonds is 6. The van der Waals surface area contributed by atoms with Crippen molar-refractivity contribution >= 4 is 17.7 Å². The van der Waals surface area contributed by atoms with E-state index >= 15 is 0 Å². The van der Waals surface area contributed by atoms with Crippen LogP contribution in [-0.2, 0) is 5.75 Å². The molecular weight excluding hydrogens is 308 g/mol. The molecule has 0 aliphatic carbocycles. The number of nitrogens with zero attached hydrogens (tertiary/aromatic N) is 1. The van der Waals surface area contributed by atoms with Crippen LogP contribution in [0.3, 0.4) is 0 Å². The molecule has 1 aromatic carbocycles. The van der Waals surface area contributed by atoms with Gasteiger partial charge in [0.15, 0.2) is 5.76 Å². The highest BCUT2D eigenvalue weighted by Crippen LogP contribution is 2.26. The van der Waals surface area contributed by atoms with Crippen molar-refractivity contribution in [3.8, 4) is 0 Å². The largest absolute Gasteiger partial charge is 0.459 e. The summed E-state index contributed by atoms with van der Waals surface area (Å²) in [7, 11) is 1.95. The first-order valence-corrected chi connectivity index (χ1v) is 8.94. The van der Waals surface area contributed by atoms with Crippen molar-refractivity contribution in [2.75, 3.05) is 26.7 Å². The molecule has 0 spiro atoms. The van der Waals surface area contributed by atoms with Crippen molar-refractivity contribution in [1.82, 2.24) is 10.2 Å². The van der Waals surface area contributed by atoms with Gasteiger partial charge in [-0.25, -0.2) is 0 Å². The third-order valence-electron chi connectivity index (χ3n) is 4.14. The van der Waals surface area contributed by atoms with E-state index in [9.17, 15) is 4.79 Å². The van der Waals surface area contributed by atoms with Crippen molar-refractivity contribution in [2.45, 2.75) is 17.1 Å². The van der Waals surface area contributed by atoms with Gasteiger partial charge in [0.1, 0.15) is 0 Å². The summed E-state index contributed by atoms with van der Waals surface area (Å²) in [6, 6.07) is 12.1. The monoisotopic (exact) mass is 330 g/mol. The van der Waals surface area contributed by atoms with Crippen molar-refractivity contribution < 1.29 is 9.21 Å². The molecule has 23 heavy (non-hydrogen) atoms. The number of nitrogens with one attached hydrogen (secondary N) is 1. The molecule has 1 N–H and O–H groups in total. The Balaban J connectivity index is 1.63. The van der Waals surface area contributed by atoms with Gasteiger partial charge in [-0.2, -0.15) is 0 Å². The van der Waals surface area contributed by atoms with Crippen LogP contribution < -0.4 is 5.32 Å². The number of benzene rings is 1. The lowest BCUT2D eigenvalue weighted by molar-refractivity contribution is 0.0754. The van der Waals surface area contributed by atoms with Gasteiger partial charge in [0.2, 0.25) is 0 Å². The van der Waals surface area contributed by atoms with Gasteiger partial charge in [-0.3, -0.25) is 4.79 Å². The predicted octanol–water partition coefficient (Wildman–Crippen LogP) is 3.25. The summed E-state index contributed by atoms with van der Waals surface area (Å²) < 4.78 is 5.50. The van der Waals surface area contributed by atoms with E-state index < -0.39 is 0 Å². The molecule has 0 saturated carbocycles.